The van der Waals surface area contributed by atoms with Crippen LogP contribution < -0.4 is 5.73 Å². The van der Waals surface area contributed by atoms with E-state index in [0.717, 1.165) is 4.90 Å². The van der Waals surface area contributed by atoms with Crippen LogP contribution in [0.15, 0.2) is 46.3 Å². The SMILES string of the molecule is Cc1ccc(C)c(Sc2ccc(N)nc2)c1. The number of hydrogen-bond donors (Lipinski definition) is 1. The van der Waals surface area contributed by atoms with Crippen molar-refractivity contribution >= 4 is 17.6 Å². The number of nitrogen functional groups attached to an aromatic ring is 1. The predicted octanol–water partition coefficient (Wildman–Crippen LogP) is 3.43. The van der Waals surface area contributed by atoms with Crippen molar-refractivity contribution in [2.24, 2.45) is 0 Å². The second-order valence-corrected chi connectivity index (χ2v) is 4.91. The maximum Gasteiger partial charge on any atom is 0.123 e. The fourth-order valence-electron chi connectivity index (χ4n) is 1.40. The highest BCUT2D eigenvalue weighted by Crippen LogP contribution is 2.30. The maximum absolute atomic E-state index is 5.55. The van der Waals surface area contributed by atoms with Gasteiger partial charge in [0.25, 0.3) is 0 Å². The first kappa shape index (κ1) is 11.0. The summed E-state index contributed by atoms with van der Waals surface area (Å²) >= 11 is 1.72. The molecule has 0 aliphatic rings. The number of nitrogens with zero attached hydrogens (tertiary/aromatic N) is 1. The molecule has 2 rings (SSSR count). The van der Waals surface area contributed by atoms with E-state index in [2.05, 4.69) is 37.0 Å². The zero-order chi connectivity index (χ0) is 11.5. The Hall–Kier alpha value is -1.48. The van der Waals surface area contributed by atoms with Gasteiger partial charge in [-0.3, -0.25) is 0 Å². The van der Waals surface area contributed by atoms with Crippen molar-refractivity contribution < 1.29 is 0 Å². The van der Waals surface area contributed by atoms with Crippen LogP contribution in [0.1, 0.15) is 11.1 Å². The Morgan fingerprint density at radius 2 is 1.94 bits per heavy atom. The second kappa shape index (κ2) is 4.58. The summed E-state index contributed by atoms with van der Waals surface area (Å²) in [6, 6.07) is 10.3. The number of anilines is 1. The van der Waals surface area contributed by atoms with Gasteiger partial charge >= 0.3 is 0 Å². The first-order valence-corrected chi connectivity index (χ1v) is 5.93. The minimum absolute atomic E-state index is 0.560. The van der Waals surface area contributed by atoms with Crippen molar-refractivity contribution in [3.8, 4) is 0 Å². The Morgan fingerprint density at radius 3 is 2.62 bits per heavy atom. The lowest BCUT2D eigenvalue weighted by Crippen LogP contribution is -1.88. The molecule has 2 aromatic rings. The van der Waals surface area contributed by atoms with Gasteiger partial charge in [0.1, 0.15) is 5.82 Å². The topological polar surface area (TPSA) is 38.9 Å². The van der Waals surface area contributed by atoms with Crippen LogP contribution >= 0.6 is 11.8 Å². The first-order chi connectivity index (χ1) is 7.65. The van der Waals surface area contributed by atoms with E-state index < -0.39 is 0 Å². The Morgan fingerprint density at radius 1 is 1.12 bits per heavy atom. The summed E-state index contributed by atoms with van der Waals surface area (Å²) in [5.74, 6) is 0.560. The number of aryl methyl sites for hydroxylation is 2. The summed E-state index contributed by atoms with van der Waals surface area (Å²) in [5, 5.41) is 0. The van der Waals surface area contributed by atoms with Gasteiger partial charge in [-0.25, -0.2) is 4.98 Å². The fraction of sp³-hybridized carbons (Fsp3) is 0.154. The van der Waals surface area contributed by atoms with Gasteiger partial charge in [0.2, 0.25) is 0 Å². The molecule has 1 heterocycles. The van der Waals surface area contributed by atoms with Crippen LogP contribution in [0.2, 0.25) is 0 Å². The summed E-state index contributed by atoms with van der Waals surface area (Å²) in [5.41, 5.74) is 8.11. The molecule has 2 nitrogen and oxygen atoms in total. The van der Waals surface area contributed by atoms with Crippen molar-refractivity contribution in [1.29, 1.82) is 0 Å². The minimum atomic E-state index is 0.560. The van der Waals surface area contributed by atoms with Gasteiger partial charge in [-0.1, -0.05) is 23.9 Å². The molecule has 0 fully saturated rings. The molecular weight excluding hydrogens is 216 g/mol. The number of pyridine rings is 1. The molecule has 0 amide bonds. The Kier molecular flexibility index (Phi) is 3.15. The first-order valence-electron chi connectivity index (χ1n) is 5.12. The van der Waals surface area contributed by atoms with Gasteiger partial charge in [0.05, 0.1) is 0 Å². The molecular formula is C13H14N2S. The summed E-state index contributed by atoms with van der Waals surface area (Å²) in [7, 11) is 0. The fourth-order valence-corrected chi connectivity index (χ4v) is 2.37. The summed E-state index contributed by atoms with van der Waals surface area (Å²) in [6.45, 7) is 4.22. The second-order valence-electron chi connectivity index (χ2n) is 3.79. The van der Waals surface area contributed by atoms with Crippen molar-refractivity contribution in [1.82, 2.24) is 4.98 Å². The zero-order valence-corrected chi connectivity index (χ0v) is 10.2. The van der Waals surface area contributed by atoms with Crippen LogP contribution in [0, 0.1) is 13.8 Å². The van der Waals surface area contributed by atoms with Crippen molar-refractivity contribution in [3.05, 3.63) is 47.7 Å². The van der Waals surface area contributed by atoms with Crippen LogP contribution in [0.25, 0.3) is 0 Å². The highest BCUT2D eigenvalue weighted by atomic mass is 32.2. The maximum atomic E-state index is 5.55. The standard InChI is InChI=1S/C13H14N2S/c1-9-3-4-10(2)12(7-9)16-11-5-6-13(14)15-8-11/h3-8H,1-2H3,(H2,14,15). The van der Waals surface area contributed by atoms with Crippen molar-refractivity contribution in [2.75, 3.05) is 5.73 Å². The Labute approximate surface area is 99.9 Å². The van der Waals surface area contributed by atoms with Crippen LogP contribution in [0.3, 0.4) is 0 Å². The molecule has 1 aromatic carbocycles. The summed E-state index contributed by atoms with van der Waals surface area (Å²) in [4.78, 5) is 6.47. The Bertz CT molecular complexity index is 492. The third-order valence-corrected chi connectivity index (χ3v) is 3.47. The number of hydrogen-bond acceptors (Lipinski definition) is 3. The normalized spacial score (nSPS) is 10.4. The molecule has 0 unspecified atom stereocenters. The van der Waals surface area contributed by atoms with Crippen LogP contribution in [0.4, 0.5) is 5.82 Å². The average Bonchev–Trinajstić information content (AvgIpc) is 2.27. The molecule has 82 valence electrons. The minimum Gasteiger partial charge on any atom is -0.384 e. The van der Waals surface area contributed by atoms with E-state index in [1.54, 1.807) is 11.8 Å². The molecule has 3 heteroatoms. The molecule has 16 heavy (non-hydrogen) atoms. The molecule has 2 N–H and O–H groups in total. The van der Waals surface area contributed by atoms with E-state index in [4.69, 9.17) is 5.73 Å². The van der Waals surface area contributed by atoms with Crippen molar-refractivity contribution in [2.45, 2.75) is 23.6 Å². The van der Waals surface area contributed by atoms with Gasteiger partial charge in [0.15, 0.2) is 0 Å². The predicted molar refractivity (Wildman–Crippen MR) is 68.7 cm³/mol. The van der Waals surface area contributed by atoms with E-state index in [1.807, 2.05) is 18.3 Å². The number of nitrogens with two attached hydrogens (primary N) is 1. The van der Waals surface area contributed by atoms with Crippen LogP contribution in [-0.4, -0.2) is 4.98 Å². The smallest absolute Gasteiger partial charge is 0.123 e. The van der Waals surface area contributed by atoms with E-state index in [-0.39, 0.29) is 0 Å². The monoisotopic (exact) mass is 230 g/mol. The highest BCUT2D eigenvalue weighted by Gasteiger charge is 2.01. The van der Waals surface area contributed by atoms with E-state index in [0.29, 0.717) is 5.82 Å². The molecule has 0 aliphatic heterocycles. The van der Waals surface area contributed by atoms with Gasteiger partial charge in [-0.15, -0.1) is 0 Å². The molecule has 0 bridgehead atoms. The lowest BCUT2D eigenvalue weighted by molar-refractivity contribution is 1.22. The highest BCUT2D eigenvalue weighted by molar-refractivity contribution is 7.99. The van der Waals surface area contributed by atoms with E-state index >= 15 is 0 Å². The lowest BCUT2D eigenvalue weighted by atomic mass is 10.2. The average molecular weight is 230 g/mol. The van der Waals surface area contributed by atoms with Gasteiger partial charge < -0.3 is 5.73 Å². The quantitative estimate of drug-likeness (QED) is 0.859. The molecule has 0 saturated carbocycles. The summed E-state index contributed by atoms with van der Waals surface area (Å²) in [6.07, 6.45) is 1.81. The number of aromatic nitrogens is 1. The Balaban J connectivity index is 2.26. The van der Waals surface area contributed by atoms with Crippen molar-refractivity contribution in [3.63, 3.8) is 0 Å². The van der Waals surface area contributed by atoms with Gasteiger partial charge in [0, 0.05) is 16.0 Å². The number of rotatable bonds is 2. The summed E-state index contributed by atoms with van der Waals surface area (Å²) < 4.78 is 0. The molecule has 0 saturated heterocycles. The van der Waals surface area contributed by atoms with Gasteiger partial charge in [-0.05, 0) is 43.2 Å². The molecule has 0 spiro atoms. The lowest BCUT2D eigenvalue weighted by Gasteiger charge is -2.06. The van der Waals surface area contributed by atoms with E-state index in [9.17, 15) is 0 Å². The van der Waals surface area contributed by atoms with E-state index in [1.165, 1.54) is 16.0 Å². The van der Waals surface area contributed by atoms with Crippen LogP contribution in [-0.2, 0) is 0 Å². The largest absolute Gasteiger partial charge is 0.384 e. The molecule has 0 aliphatic carbocycles. The number of benzene rings is 1. The zero-order valence-electron chi connectivity index (χ0n) is 9.40. The molecule has 0 atom stereocenters. The third kappa shape index (κ3) is 2.55. The molecule has 0 radical (unpaired) electrons. The van der Waals surface area contributed by atoms with Gasteiger partial charge in [-0.2, -0.15) is 0 Å². The van der Waals surface area contributed by atoms with Crippen LogP contribution in [0.5, 0.6) is 0 Å². The molecule has 1 aromatic heterocycles. The third-order valence-electron chi connectivity index (χ3n) is 2.33.